The van der Waals surface area contributed by atoms with Crippen molar-refractivity contribution < 1.29 is 9.84 Å². The molecular formula is C21H29N3O2. The number of imidazole rings is 1. The van der Waals surface area contributed by atoms with E-state index in [0.717, 1.165) is 29.7 Å². The van der Waals surface area contributed by atoms with E-state index in [2.05, 4.69) is 26.7 Å². The Morgan fingerprint density at radius 2 is 2.08 bits per heavy atom. The van der Waals surface area contributed by atoms with Crippen LogP contribution >= 0.6 is 0 Å². The monoisotopic (exact) mass is 355 g/mol. The number of piperidine rings is 2. The number of ether oxygens (including phenoxy) is 1. The molecule has 4 rings (SSSR count). The molecule has 0 saturated carbocycles. The number of fused-ring (bicyclic) bond motifs is 1. The van der Waals surface area contributed by atoms with Crippen LogP contribution in [0.4, 0.5) is 0 Å². The number of nitrogens with zero attached hydrogens (tertiary/aromatic N) is 3. The lowest BCUT2D eigenvalue weighted by Crippen LogP contribution is -2.49. The van der Waals surface area contributed by atoms with Crippen LogP contribution in [-0.2, 0) is 6.54 Å². The molecule has 5 heteroatoms. The highest BCUT2D eigenvalue weighted by atomic mass is 16.5. The average molecular weight is 355 g/mol. The smallest absolute Gasteiger partial charge is 0.140 e. The molecule has 2 atom stereocenters. The first-order chi connectivity index (χ1) is 12.8. The molecule has 0 unspecified atom stereocenters. The third-order valence-electron chi connectivity index (χ3n) is 5.83. The van der Waals surface area contributed by atoms with Crippen LogP contribution in [0.1, 0.15) is 32.1 Å². The van der Waals surface area contributed by atoms with Crippen LogP contribution in [-0.4, -0.2) is 51.9 Å². The number of benzene rings is 1. The summed E-state index contributed by atoms with van der Waals surface area (Å²) in [5, 5.41) is 8.96. The zero-order chi connectivity index (χ0) is 17.8. The number of hydrogen-bond donors (Lipinski definition) is 1. The second-order valence-electron chi connectivity index (χ2n) is 7.50. The zero-order valence-electron chi connectivity index (χ0n) is 15.4. The molecule has 2 aliphatic heterocycles. The van der Waals surface area contributed by atoms with Gasteiger partial charge >= 0.3 is 0 Å². The first kappa shape index (κ1) is 17.6. The Hall–Kier alpha value is -1.85. The number of aromatic nitrogens is 2. The molecule has 3 heterocycles. The van der Waals surface area contributed by atoms with Gasteiger partial charge in [0.25, 0.3) is 0 Å². The highest BCUT2D eigenvalue weighted by molar-refractivity contribution is 5.58. The van der Waals surface area contributed by atoms with Crippen molar-refractivity contribution in [2.24, 2.45) is 5.92 Å². The maximum absolute atomic E-state index is 8.96. The largest absolute Gasteiger partial charge is 0.491 e. The van der Waals surface area contributed by atoms with Crippen molar-refractivity contribution in [1.29, 1.82) is 0 Å². The summed E-state index contributed by atoms with van der Waals surface area (Å²) in [7, 11) is 0. The van der Waals surface area contributed by atoms with Gasteiger partial charge < -0.3 is 19.3 Å². The fourth-order valence-electron chi connectivity index (χ4n) is 4.65. The summed E-state index contributed by atoms with van der Waals surface area (Å²) in [4.78, 5) is 7.34. The molecule has 0 bridgehead atoms. The van der Waals surface area contributed by atoms with Gasteiger partial charge in [-0.15, -0.1) is 0 Å². The lowest BCUT2D eigenvalue weighted by Gasteiger charge is -2.44. The van der Waals surface area contributed by atoms with Gasteiger partial charge in [0.2, 0.25) is 0 Å². The fraction of sp³-hybridized carbons (Fsp3) is 0.571. The van der Waals surface area contributed by atoms with Crippen LogP contribution in [0.3, 0.4) is 0 Å². The predicted octanol–water partition coefficient (Wildman–Crippen LogP) is 3.19. The van der Waals surface area contributed by atoms with Crippen LogP contribution in [0.15, 0.2) is 36.7 Å². The van der Waals surface area contributed by atoms with Crippen LogP contribution < -0.4 is 4.74 Å². The highest BCUT2D eigenvalue weighted by Gasteiger charge is 2.33. The molecule has 2 fully saturated rings. The Morgan fingerprint density at radius 3 is 3.00 bits per heavy atom. The summed E-state index contributed by atoms with van der Waals surface area (Å²) in [6, 6.07) is 8.76. The Morgan fingerprint density at radius 1 is 1.15 bits per heavy atom. The summed E-state index contributed by atoms with van der Waals surface area (Å²) < 4.78 is 7.87. The third-order valence-corrected chi connectivity index (χ3v) is 5.83. The molecule has 140 valence electrons. The molecule has 2 saturated heterocycles. The van der Waals surface area contributed by atoms with Crippen LogP contribution in [0, 0.1) is 5.92 Å². The van der Waals surface area contributed by atoms with Crippen molar-refractivity contribution in [3.05, 3.63) is 36.7 Å². The van der Waals surface area contributed by atoms with Crippen LogP contribution in [0.2, 0.25) is 0 Å². The maximum Gasteiger partial charge on any atom is 0.140 e. The van der Waals surface area contributed by atoms with Crippen LogP contribution in [0.5, 0.6) is 5.75 Å². The van der Waals surface area contributed by atoms with E-state index in [0.29, 0.717) is 12.5 Å². The minimum absolute atomic E-state index is 0.0262. The van der Waals surface area contributed by atoms with Gasteiger partial charge in [-0.05, 0) is 56.8 Å². The number of rotatable bonds is 6. The van der Waals surface area contributed by atoms with Gasteiger partial charge in [-0.25, -0.2) is 4.98 Å². The van der Waals surface area contributed by atoms with E-state index < -0.39 is 0 Å². The van der Waals surface area contributed by atoms with Crippen molar-refractivity contribution in [2.75, 3.05) is 26.3 Å². The van der Waals surface area contributed by atoms with Gasteiger partial charge in [0.15, 0.2) is 0 Å². The van der Waals surface area contributed by atoms with Gasteiger partial charge in [0.1, 0.15) is 18.2 Å². The molecule has 5 nitrogen and oxygen atoms in total. The fourth-order valence-corrected chi connectivity index (χ4v) is 4.65. The maximum atomic E-state index is 8.96. The topological polar surface area (TPSA) is 50.5 Å². The first-order valence-corrected chi connectivity index (χ1v) is 9.94. The van der Waals surface area contributed by atoms with Crippen molar-refractivity contribution >= 4 is 0 Å². The second-order valence-corrected chi connectivity index (χ2v) is 7.50. The molecule has 1 aromatic heterocycles. The molecule has 0 spiro atoms. The van der Waals surface area contributed by atoms with E-state index in [1.807, 2.05) is 24.4 Å². The lowest BCUT2D eigenvalue weighted by atomic mass is 9.83. The molecule has 1 N–H and O–H groups in total. The number of aliphatic hydroxyl groups is 1. The molecule has 2 aliphatic rings. The van der Waals surface area contributed by atoms with Gasteiger partial charge in [-0.2, -0.15) is 0 Å². The molecule has 26 heavy (non-hydrogen) atoms. The SMILES string of the molecule is OCCOc1cccc(-c2nccn2C[C@@H]2CCCN3CCCC[C@H]23)c1. The van der Waals surface area contributed by atoms with Gasteiger partial charge in [-0.1, -0.05) is 18.6 Å². The summed E-state index contributed by atoms with van der Waals surface area (Å²) >= 11 is 0. The Labute approximate surface area is 155 Å². The molecule has 0 radical (unpaired) electrons. The molecular weight excluding hydrogens is 326 g/mol. The first-order valence-electron chi connectivity index (χ1n) is 9.94. The molecule has 2 aromatic rings. The van der Waals surface area contributed by atoms with E-state index in [4.69, 9.17) is 9.84 Å². The highest BCUT2D eigenvalue weighted by Crippen LogP contribution is 2.33. The summed E-state index contributed by atoms with van der Waals surface area (Å²) in [6.45, 7) is 3.94. The normalized spacial score (nSPS) is 23.6. The van der Waals surface area contributed by atoms with Crippen molar-refractivity contribution in [3.8, 4) is 17.1 Å². The summed E-state index contributed by atoms with van der Waals surface area (Å²) in [6.07, 6.45) is 10.7. The third kappa shape index (κ3) is 3.79. The molecule has 0 amide bonds. The van der Waals surface area contributed by atoms with Gasteiger partial charge in [-0.3, -0.25) is 0 Å². The van der Waals surface area contributed by atoms with Crippen molar-refractivity contribution in [1.82, 2.24) is 14.5 Å². The van der Waals surface area contributed by atoms with E-state index in [1.54, 1.807) is 0 Å². The summed E-state index contributed by atoms with van der Waals surface area (Å²) in [5.74, 6) is 2.50. The van der Waals surface area contributed by atoms with E-state index in [-0.39, 0.29) is 6.61 Å². The zero-order valence-corrected chi connectivity index (χ0v) is 15.4. The van der Waals surface area contributed by atoms with Crippen LogP contribution in [0.25, 0.3) is 11.4 Å². The van der Waals surface area contributed by atoms with E-state index >= 15 is 0 Å². The minimum Gasteiger partial charge on any atom is -0.491 e. The lowest BCUT2D eigenvalue weighted by molar-refractivity contribution is 0.0521. The predicted molar refractivity (Wildman–Crippen MR) is 102 cm³/mol. The van der Waals surface area contributed by atoms with E-state index in [9.17, 15) is 0 Å². The number of hydrogen-bond acceptors (Lipinski definition) is 4. The van der Waals surface area contributed by atoms with E-state index in [1.165, 1.54) is 45.2 Å². The van der Waals surface area contributed by atoms with Gasteiger partial charge in [0.05, 0.1) is 6.61 Å². The van der Waals surface area contributed by atoms with Crippen molar-refractivity contribution in [2.45, 2.75) is 44.7 Å². The molecule has 0 aliphatic carbocycles. The average Bonchev–Trinajstić information content (AvgIpc) is 3.15. The second kappa shape index (κ2) is 8.23. The quantitative estimate of drug-likeness (QED) is 0.865. The van der Waals surface area contributed by atoms with Gasteiger partial charge in [0, 0.05) is 30.5 Å². The Kier molecular flexibility index (Phi) is 5.56. The minimum atomic E-state index is 0.0262. The molecule has 1 aromatic carbocycles. The Bertz CT molecular complexity index is 713. The van der Waals surface area contributed by atoms with Crippen molar-refractivity contribution in [3.63, 3.8) is 0 Å². The standard InChI is InChI=1S/C21H29N3O2/c25-13-14-26-19-7-3-5-17(15-19)21-22-9-12-24(21)16-18-6-4-11-23-10-2-1-8-20(18)23/h3,5,7,9,12,15,18,20,25H,1-2,4,6,8,10-11,13-14,16H2/t18-,20+/m0/s1. The summed E-state index contributed by atoms with van der Waals surface area (Å²) in [5.41, 5.74) is 1.07. The number of aliphatic hydroxyl groups excluding tert-OH is 1. The Balaban J connectivity index is 1.52.